The standard InChI is InChI=1S/C13H26N2OS/c1-3-16-10-6-9-14-13(17)15-11(2)12-7-4-5-8-12/h11-12H,3-10H2,1-2H3,(H2,14,15,17). The van der Waals surface area contributed by atoms with Crippen molar-refractivity contribution in [3.05, 3.63) is 0 Å². The van der Waals surface area contributed by atoms with Gasteiger partial charge in [-0.2, -0.15) is 0 Å². The van der Waals surface area contributed by atoms with E-state index in [0.29, 0.717) is 6.04 Å². The van der Waals surface area contributed by atoms with Crippen LogP contribution in [-0.2, 0) is 4.74 Å². The van der Waals surface area contributed by atoms with Crippen LogP contribution in [-0.4, -0.2) is 30.9 Å². The smallest absolute Gasteiger partial charge is 0.166 e. The molecule has 0 bridgehead atoms. The summed E-state index contributed by atoms with van der Waals surface area (Å²) in [5.41, 5.74) is 0. The van der Waals surface area contributed by atoms with E-state index in [9.17, 15) is 0 Å². The molecule has 1 fully saturated rings. The van der Waals surface area contributed by atoms with Crippen molar-refractivity contribution in [3.8, 4) is 0 Å². The third-order valence-corrected chi connectivity index (χ3v) is 3.68. The molecule has 0 aromatic rings. The van der Waals surface area contributed by atoms with Crippen molar-refractivity contribution in [3.63, 3.8) is 0 Å². The lowest BCUT2D eigenvalue weighted by molar-refractivity contribution is 0.145. The van der Waals surface area contributed by atoms with Crippen molar-refractivity contribution in [2.24, 2.45) is 5.92 Å². The van der Waals surface area contributed by atoms with E-state index in [1.807, 2.05) is 6.92 Å². The van der Waals surface area contributed by atoms with Gasteiger partial charge >= 0.3 is 0 Å². The van der Waals surface area contributed by atoms with E-state index in [-0.39, 0.29) is 0 Å². The summed E-state index contributed by atoms with van der Waals surface area (Å²) in [7, 11) is 0. The SMILES string of the molecule is CCOCCCNC(=S)NC(C)C1CCCC1. The largest absolute Gasteiger partial charge is 0.382 e. The van der Waals surface area contributed by atoms with Crippen LogP contribution in [0.5, 0.6) is 0 Å². The zero-order chi connectivity index (χ0) is 12.5. The van der Waals surface area contributed by atoms with Crippen molar-refractivity contribution in [1.82, 2.24) is 10.6 Å². The highest BCUT2D eigenvalue weighted by Gasteiger charge is 2.21. The minimum Gasteiger partial charge on any atom is -0.382 e. The summed E-state index contributed by atoms with van der Waals surface area (Å²) in [6.07, 6.45) is 6.46. The Morgan fingerprint density at radius 1 is 1.41 bits per heavy atom. The highest BCUT2D eigenvalue weighted by Crippen LogP contribution is 2.27. The second-order valence-electron chi connectivity index (χ2n) is 4.78. The molecule has 0 radical (unpaired) electrons. The van der Waals surface area contributed by atoms with Gasteiger partial charge < -0.3 is 15.4 Å². The molecule has 0 aromatic heterocycles. The Labute approximate surface area is 111 Å². The topological polar surface area (TPSA) is 33.3 Å². The summed E-state index contributed by atoms with van der Waals surface area (Å²) in [6, 6.07) is 0.504. The quantitative estimate of drug-likeness (QED) is 0.543. The van der Waals surface area contributed by atoms with Gasteiger partial charge in [0.05, 0.1) is 0 Å². The lowest BCUT2D eigenvalue weighted by Gasteiger charge is -2.22. The first-order valence-corrected chi connectivity index (χ1v) is 7.27. The first-order valence-electron chi connectivity index (χ1n) is 6.86. The van der Waals surface area contributed by atoms with Crippen LogP contribution < -0.4 is 10.6 Å². The van der Waals surface area contributed by atoms with Gasteiger partial charge in [0.25, 0.3) is 0 Å². The van der Waals surface area contributed by atoms with Gasteiger partial charge in [0, 0.05) is 25.8 Å². The third kappa shape index (κ3) is 6.22. The number of hydrogen-bond donors (Lipinski definition) is 2. The van der Waals surface area contributed by atoms with E-state index in [0.717, 1.165) is 37.2 Å². The fourth-order valence-electron chi connectivity index (χ4n) is 2.35. The summed E-state index contributed by atoms with van der Waals surface area (Å²) >= 11 is 5.28. The summed E-state index contributed by atoms with van der Waals surface area (Å²) in [5, 5.41) is 7.42. The van der Waals surface area contributed by atoms with Crippen LogP contribution in [0.4, 0.5) is 0 Å². The van der Waals surface area contributed by atoms with Crippen LogP contribution >= 0.6 is 12.2 Å². The molecule has 0 heterocycles. The average Bonchev–Trinajstić information content (AvgIpc) is 2.82. The van der Waals surface area contributed by atoms with E-state index < -0.39 is 0 Å². The number of rotatable bonds is 7. The highest BCUT2D eigenvalue weighted by molar-refractivity contribution is 7.80. The Kier molecular flexibility index (Phi) is 7.53. The molecule has 1 unspecified atom stereocenters. The lowest BCUT2D eigenvalue weighted by Crippen LogP contribution is -2.43. The molecule has 4 heteroatoms. The van der Waals surface area contributed by atoms with E-state index in [2.05, 4.69) is 17.6 Å². The molecule has 17 heavy (non-hydrogen) atoms. The zero-order valence-corrected chi connectivity index (χ0v) is 11.9. The van der Waals surface area contributed by atoms with Crippen molar-refractivity contribution in [1.29, 1.82) is 0 Å². The molecule has 1 atom stereocenters. The Bertz CT molecular complexity index is 217. The Hall–Kier alpha value is -0.350. The highest BCUT2D eigenvalue weighted by atomic mass is 32.1. The molecule has 0 spiro atoms. The Morgan fingerprint density at radius 2 is 2.12 bits per heavy atom. The zero-order valence-electron chi connectivity index (χ0n) is 11.1. The maximum atomic E-state index is 5.28. The molecule has 0 aliphatic heterocycles. The predicted octanol–water partition coefficient (Wildman–Crippen LogP) is 2.46. The van der Waals surface area contributed by atoms with Gasteiger partial charge in [-0.15, -0.1) is 0 Å². The van der Waals surface area contributed by atoms with Crippen LogP contribution in [0.1, 0.15) is 46.0 Å². The van der Waals surface area contributed by atoms with E-state index in [1.165, 1.54) is 25.7 Å². The van der Waals surface area contributed by atoms with Gasteiger partial charge in [-0.3, -0.25) is 0 Å². The fraction of sp³-hybridized carbons (Fsp3) is 0.923. The second kappa shape index (κ2) is 8.70. The molecule has 3 nitrogen and oxygen atoms in total. The molecule has 1 aliphatic carbocycles. The molecular weight excluding hydrogens is 232 g/mol. The van der Waals surface area contributed by atoms with Gasteiger partial charge in [0.1, 0.15) is 0 Å². The normalized spacial score (nSPS) is 18.0. The van der Waals surface area contributed by atoms with Gasteiger partial charge in [0.15, 0.2) is 5.11 Å². The number of hydrogen-bond acceptors (Lipinski definition) is 2. The molecule has 2 N–H and O–H groups in total. The molecule has 1 saturated carbocycles. The first kappa shape index (κ1) is 14.7. The van der Waals surface area contributed by atoms with Gasteiger partial charge in [-0.05, 0) is 51.2 Å². The maximum Gasteiger partial charge on any atom is 0.166 e. The van der Waals surface area contributed by atoms with Crippen molar-refractivity contribution >= 4 is 17.3 Å². The fourth-order valence-corrected chi connectivity index (χ4v) is 2.64. The van der Waals surface area contributed by atoms with Crippen molar-refractivity contribution in [2.75, 3.05) is 19.8 Å². The van der Waals surface area contributed by atoms with Gasteiger partial charge in [-0.25, -0.2) is 0 Å². The van der Waals surface area contributed by atoms with Crippen LogP contribution in [0, 0.1) is 5.92 Å². The number of nitrogens with one attached hydrogen (secondary N) is 2. The summed E-state index contributed by atoms with van der Waals surface area (Å²) in [4.78, 5) is 0. The minimum atomic E-state index is 0.504. The average molecular weight is 258 g/mol. The van der Waals surface area contributed by atoms with Crippen LogP contribution in [0.3, 0.4) is 0 Å². The molecular formula is C13H26N2OS. The summed E-state index contributed by atoms with van der Waals surface area (Å²) in [5.74, 6) is 0.804. The van der Waals surface area contributed by atoms with E-state index in [1.54, 1.807) is 0 Å². The lowest BCUT2D eigenvalue weighted by atomic mass is 10.0. The molecule has 0 aromatic carbocycles. The molecule has 0 amide bonds. The van der Waals surface area contributed by atoms with Crippen LogP contribution in [0.25, 0.3) is 0 Å². The second-order valence-corrected chi connectivity index (χ2v) is 5.19. The van der Waals surface area contributed by atoms with Crippen molar-refractivity contribution in [2.45, 2.75) is 52.0 Å². The maximum absolute atomic E-state index is 5.28. The number of ether oxygens (including phenoxy) is 1. The molecule has 1 rings (SSSR count). The van der Waals surface area contributed by atoms with Gasteiger partial charge in [-0.1, -0.05) is 12.8 Å². The predicted molar refractivity (Wildman–Crippen MR) is 76.3 cm³/mol. The molecule has 1 aliphatic rings. The summed E-state index contributed by atoms with van der Waals surface area (Å²) < 4.78 is 5.27. The summed E-state index contributed by atoms with van der Waals surface area (Å²) in [6.45, 7) is 6.75. The van der Waals surface area contributed by atoms with Gasteiger partial charge in [0.2, 0.25) is 0 Å². The van der Waals surface area contributed by atoms with Crippen molar-refractivity contribution < 1.29 is 4.74 Å². The number of thiocarbonyl (C=S) groups is 1. The molecule has 100 valence electrons. The van der Waals surface area contributed by atoms with E-state index >= 15 is 0 Å². The Balaban J connectivity index is 2.03. The Morgan fingerprint density at radius 3 is 2.76 bits per heavy atom. The first-order chi connectivity index (χ1) is 8.24. The van der Waals surface area contributed by atoms with Crippen LogP contribution in [0.15, 0.2) is 0 Å². The monoisotopic (exact) mass is 258 g/mol. The minimum absolute atomic E-state index is 0.504. The molecule has 0 saturated heterocycles. The third-order valence-electron chi connectivity index (χ3n) is 3.42. The van der Waals surface area contributed by atoms with E-state index in [4.69, 9.17) is 17.0 Å². The van der Waals surface area contributed by atoms with Crippen LogP contribution in [0.2, 0.25) is 0 Å².